The summed E-state index contributed by atoms with van der Waals surface area (Å²) in [6.07, 6.45) is -3.92. The lowest BCUT2D eigenvalue weighted by Crippen LogP contribution is -2.27. The van der Waals surface area contributed by atoms with Crippen LogP contribution < -0.4 is 14.8 Å². The summed E-state index contributed by atoms with van der Waals surface area (Å²) >= 11 is 0. The minimum Gasteiger partial charge on any atom is -0.486 e. The Kier molecular flexibility index (Phi) is 5.35. The Morgan fingerprint density at radius 2 is 1.77 bits per heavy atom. The van der Waals surface area contributed by atoms with E-state index in [1.165, 1.54) is 12.1 Å². The molecule has 138 valence electrons. The van der Waals surface area contributed by atoms with E-state index >= 15 is 0 Å². The van der Waals surface area contributed by atoms with E-state index in [4.69, 9.17) is 9.47 Å². The summed E-state index contributed by atoms with van der Waals surface area (Å²) in [6, 6.07) is 10.4. The van der Waals surface area contributed by atoms with Gasteiger partial charge in [-0.15, -0.1) is 0 Å². The van der Waals surface area contributed by atoms with E-state index in [9.17, 15) is 18.0 Å². The standard InChI is InChI=1S/C19H18F3NO3/c20-19(21,22)15-3-1-2-14(10-15)12-18(24)23-7-6-13-4-5-16-17(11-13)26-9-8-25-16/h1-5,10-11H,6-9,12H2,(H,23,24). The van der Waals surface area contributed by atoms with Crippen LogP contribution in [0.4, 0.5) is 13.2 Å². The normalized spacial score (nSPS) is 13.3. The molecule has 0 saturated heterocycles. The molecule has 3 rings (SSSR count). The van der Waals surface area contributed by atoms with Crippen LogP contribution in [-0.2, 0) is 23.8 Å². The second-order valence-corrected chi connectivity index (χ2v) is 5.95. The molecule has 0 bridgehead atoms. The second kappa shape index (κ2) is 7.68. The molecule has 2 aromatic rings. The summed E-state index contributed by atoms with van der Waals surface area (Å²) in [4.78, 5) is 12.0. The zero-order valence-corrected chi connectivity index (χ0v) is 13.9. The van der Waals surface area contributed by atoms with E-state index in [0.717, 1.165) is 17.7 Å². The number of fused-ring (bicyclic) bond motifs is 1. The number of carbonyl (C=O) groups excluding carboxylic acids is 1. The molecule has 1 heterocycles. The van der Waals surface area contributed by atoms with Gasteiger partial charge in [0.1, 0.15) is 13.2 Å². The fourth-order valence-corrected chi connectivity index (χ4v) is 2.70. The molecule has 7 heteroatoms. The first-order chi connectivity index (χ1) is 12.4. The van der Waals surface area contributed by atoms with Crippen molar-refractivity contribution in [1.29, 1.82) is 0 Å². The van der Waals surface area contributed by atoms with Crippen molar-refractivity contribution in [2.75, 3.05) is 19.8 Å². The second-order valence-electron chi connectivity index (χ2n) is 5.95. The van der Waals surface area contributed by atoms with Crippen LogP contribution in [-0.4, -0.2) is 25.7 Å². The zero-order chi connectivity index (χ0) is 18.6. The number of amides is 1. The maximum absolute atomic E-state index is 12.7. The molecule has 0 saturated carbocycles. The van der Waals surface area contributed by atoms with Crippen LogP contribution in [0.3, 0.4) is 0 Å². The highest BCUT2D eigenvalue weighted by atomic mass is 19.4. The summed E-state index contributed by atoms with van der Waals surface area (Å²) in [6.45, 7) is 1.42. The van der Waals surface area contributed by atoms with Crippen LogP contribution in [0, 0.1) is 0 Å². The van der Waals surface area contributed by atoms with Crippen molar-refractivity contribution in [2.24, 2.45) is 0 Å². The smallest absolute Gasteiger partial charge is 0.416 e. The third-order valence-corrected chi connectivity index (χ3v) is 3.96. The van der Waals surface area contributed by atoms with Crippen molar-refractivity contribution in [3.8, 4) is 11.5 Å². The lowest BCUT2D eigenvalue weighted by atomic mass is 10.1. The number of benzene rings is 2. The number of alkyl halides is 3. The molecule has 0 fully saturated rings. The van der Waals surface area contributed by atoms with Crippen molar-refractivity contribution in [2.45, 2.75) is 19.0 Å². The first kappa shape index (κ1) is 18.1. The van der Waals surface area contributed by atoms with Gasteiger partial charge in [0.05, 0.1) is 12.0 Å². The molecule has 0 atom stereocenters. The van der Waals surface area contributed by atoms with Gasteiger partial charge in [0.25, 0.3) is 0 Å². The van der Waals surface area contributed by atoms with Crippen LogP contribution in [0.2, 0.25) is 0 Å². The Labute approximate surface area is 148 Å². The Balaban J connectivity index is 1.50. The average molecular weight is 365 g/mol. The lowest BCUT2D eigenvalue weighted by Gasteiger charge is -2.18. The number of halogens is 3. The fraction of sp³-hybridized carbons (Fsp3) is 0.316. The minimum absolute atomic E-state index is 0.0922. The van der Waals surface area contributed by atoms with Gasteiger partial charge in [-0.3, -0.25) is 4.79 Å². The third-order valence-electron chi connectivity index (χ3n) is 3.96. The molecule has 0 spiro atoms. The van der Waals surface area contributed by atoms with Crippen molar-refractivity contribution in [3.05, 3.63) is 59.2 Å². The van der Waals surface area contributed by atoms with Crippen molar-refractivity contribution < 1.29 is 27.4 Å². The van der Waals surface area contributed by atoms with Crippen LogP contribution in [0.15, 0.2) is 42.5 Å². The highest BCUT2D eigenvalue weighted by molar-refractivity contribution is 5.78. The predicted molar refractivity (Wildman–Crippen MR) is 89.3 cm³/mol. The Morgan fingerprint density at radius 3 is 2.54 bits per heavy atom. The Bertz CT molecular complexity index is 790. The number of hydrogen-bond acceptors (Lipinski definition) is 3. The van der Waals surface area contributed by atoms with Gasteiger partial charge in [0, 0.05) is 6.54 Å². The molecule has 26 heavy (non-hydrogen) atoms. The highest BCUT2D eigenvalue weighted by Gasteiger charge is 2.30. The molecule has 1 amide bonds. The molecule has 0 radical (unpaired) electrons. The number of ether oxygens (including phenoxy) is 2. The SMILES string of the molecule is O=C(Cc1cccc(C(F)(F)F)c1)NCCc1ccc2c(c1)OCCO2. The van der Waals surface area contributed by atoms with Gasteiger partial charge in [-0.2, -0.15) is 13.2 Å². The summed E-state index contributed by atoms with van der Waals surface area (Å²) in [5, 5.41) is 2.73. The first-order valence-corrected chi connectivity index (χ1v) is 8.23. The van der Waals surface area contributed by atoms with Gasteiger partial charge >= 0.3 is 6.18 Å². The van der Waals surface area contributed by atoms with E-state index in [1.807, 2.05) is 18.2 Å². The maximum Gasteiger partial charge on any atom is 0.416 e. The quantitative estimate of drug-likeness (QED) is 0.884. The average Bonchev–Trinajstić information content (AvgIpc) is 2.61. The highest BCUT2D eigenvalue weighted by Crippen LogP contribution is 2.31. The molecule has 1 aliphatic heterocycles. The fourth-order valence-electron chi connectivity index (χ4n) is 2.70. The third kappa shape index (κ3) is 4.68. The maximum atomic E-state index is 12.7. The van der Waals surface area contributed by atoms with Gasteiger partial charge in [0.15, 0.2) is 11.5 Å². The van der Waals surface area contributed by atoms with Gasteiger partial charge < -0.3 is 14.8 Å². The topological polar surface area (TPSA) is 47.6 Å². The minimum atomic E-state index is -4.41. The van der Waals surface area contributed by atoms with Crippen LogP contribution in [0.25, 0.3) is 0 Å². The van der Waals surface area contributed by atoms with E-state index in [0.29, 0.717) is 43.2 Å². The molecule has 0 aliphatic carbocycles. The van der Waals surface area contributed by atoms with Gasteiger partial charge in [-0.25, -0.2) is 0 Å². The molecular weight excluding hydrogens is 347 g/mol. The van der Waals surface area contributed by atoms with E-state index in [-0.39, 0.29) is 12.3 Å². The van der Waals surface area contributed by atoms with E-state index in [2.05, 4.69) is 5.32 Å². The van der Waals surface area contributed by atoms with Crippen LogP contribution >= 0.6 is 0 Å². The number of nitrogens with one attached hydrogen (secondary N) is 1. The monoisotopic (exact) mass is 365 g/mol. The zero-order valence-electron chi connectivity index (χ0n) is 13.9. The predicted octanol–water partition coefficient (Wildman–Crippen LogP) is 3.38. The number of hydrogen-bond donors (Lipinski definition) is 1. The Morgan fingerprint density at radius 1 is 1.00 bits per heavy atom. The van der Waals surface area contributed by atoms with Crippen LogP contribution in [0.5, 0.6) is 11.5 Å². The molecule has 1 aliphatic rings. The molecule has 2 aromatic carbocycles. The summed E-state index contributed by atoms with van der Waals surface area (Å²) in [5.74, 6) is 1.07. The van der Waals surface area contributed by atoms with Crippen molar-refractivity contribution in [3.63, 3.8) is 0 Å². The van der Waals surface area contributed by atoms with E-state index in [1.54, 1.807) is 0 Å². The molecular formula is C19H18F3NO3. The largest absolute Gasteiger partial charge is 0.486 e. The molecule has 1 N–H and O–H groups in total. The van der Waals surface area contributed by atoms with Crippen molar-refractivity contribution >= 4 is 5.91 Å². The molecule has 0 aromatic heterocycles. The summed E-state index contributed by atoms with van der Waals surface area (Å²) in [7, 11) is 0. The van der Waals surface area contributed by atoms with Crippen molar-refractivity contribution in [1.82, 2.24) is 5.32 Å². The van der Waals surface area contributed by atoms with Gasteiger partial charge in [0.2, 0.25) is 5.91 Å². The van der Waals surface area contributed by atoms with Crippen LogP contribution in [0.1, 0.15) is 16.7 Å². The van der Waals surface area contributed by atoms with Gasteiger partial charge in [-0.1, -0.05) is 24.3 Å². The van der Waals surface area contributed by atoms with E-state index < -0.39 is 11.7 Å². The molecule has 4 nitrogen and oxygen atoms in total. The van der Waals surface area contributed by atoms with Gasteiger partial charge in [-0.05, 0) is 35.7 Å². The number of rotatable bonds is 5. The Hall–Kier alpha value is -2.70. The summed E-state index contributed by atoms with van der Waals surface area (Å²) in [5.41, 5.74) is 0.560. The summed E-state index contributed by atoms with van der Waals surface area (Å²) < 4.78 is 49.0. The lowest BCUT2D eigenvalue weighted by molar-refractivity contribution is -0.137. The molecule has 0 unspecified atom stereocenters. The number of carbonyl (C=O) groups is 1. The first-order valence-electron chi connectivity index (χ1n) is 8.23.